The van der Waals surface area contributed by atoms with E-state index in [2.05, 4.69) is 32.6 Å². The molecule has 0 aromatic heterocycles. The van der Waals surface area contributed by atoms with Gasteiger partial charge in [-0.3, -0.25) is 9.59 Å². The number of methoxy groups -OCH3 is 1. The van der Waals surface area contributed by atoms with Crippen LogP contribution in [0.1, 0.15) is 171 Å². The lowest BCUT2D eigenvalue weighted by atomic mass is 9.55. The van der Waals surface area contributed by atoms with Crippen LogP contribution in [0.3, 0.4) is 0 Å². The number of aliphatic hydroxyl groups is 2. The van der Waals surface area contributed by atoms with E-state index in [1.54, 1.807) is 24.3 Å². The Morgan fingerprint density at radius 2 is 1.64 bits per heavy atom. The summed E-state index contributed by atoms with van der Waals surface area (Å²) in [4.78, 5) is 35.2. The number of allylic oxidation sites excluding steroid dienone is 1. The third-order valence-corrected chi connectivity index (χ3v) is 14.3. The number of ether oxygens (including phenoxy) is 5. The standard InChI is InChI=1S/C55H80N2O10/c1-5-8-9-10-11-12-13-14-15-24-51(61)57(30-6-2)50-38-47(56-67-52-25-18-21-34-63-52)45-36-40(22-16-19-31-58)44(23-17-20-32-59)53-46-37-43(65-42-26-28-48(62-4)41(35-42)39-60)27-29-49(46)66-55(50,54(45)53)64-33-7-3/h7,26-29,35-37,39-40,44,50,52-54,58-59H,3,5-6,8-25,30-34,38H2,1-2,4H3/t40-,44+,50-,52?,53+,54+,55+/m0/s1. The van der Waals surface area contributed by atoms with Crippen molar-refractivity contribution in [3.05, 3.63) is 71.8 Å². The molecule has 7 atom stereocenters. The summed E-state index contributed by atoms with van der Waals surface area (Å²) in [5.41, 5.74) is 3.09. The van der Waals surface area contributed by atoms with Crippen molar-refractivity contribution < 1.29 is 48.3 Å². The monoisotopic (exact) mass is 929 g/mol. The first kappa shape index (κ1) is 52.1. The lowest BCUT2D eigenvalue weighted by Gasteiger charge is -2.60. The summed E-state index contributed by atoms with van der Waals surface area (Å²) in [6.45, 7) is 9.99. The van der Waals surface area contributed by atoms with Gasteiger partial charge in [0.05, 0.1) is 37.5 Å². The predicted molar refractivity (Wildman–Crippen MR) is 262 cm³/mol. The highest BCUT2D eigenvalue weighted by atomic mass is 16.8. The maximum atomic E-state index is 14.9. The molecule has 0 spiro atoms. The number of carbonyl (C=O) groups excluding carboxylic acids is 2. The summed E-state index contributed by atoms with van der Waals surface area (Å²) in [7, 11) is 1.53. The first-order valence-electron chi connectivity index (χ1n) is 25.8. The molecule has 1 saturated carbocycles. The van der Waals surface area contributed by atoms with Crippen molar-refractivity contribution in [1.82, 2.24) is 4.90 Å². The summed E-state index contributed by atoms with van der Waals surface area (Å²) in [6.07, 6.45) is 23.8. The smallest absolute Gasteiger partial charge is 0.239 e. The fraction of sp³-hybridized carbons (Fsp3) is 0.655. The third kappa shape index (κ3) is 13.3. The van der Waals surface area contributed by atoms with Crippen LogP contribution in [-0.2, 0) is 19.1 Å². The molecule has 0 radical (unpaired) electrons. The SMILES string of the molecule is C=CCO[C@@]12Oc3ccc(Oc4ccc(OC)c(C=O)c4)cc3[C@H]3[C@H](CCCCO)[C@@H](CCCCO)C=C(C(=NOC4CCCCO4)C[C@@H]1N(CCC)C(=O)CCCCCCCCCCC)[C@H]32. The summed E-state index contributed by atoms with van der Waals surface area (Å²) < 4.78 is 32.6. The number of hydrogen-bond acceptors (Lipinski definition) is 11. The molecule has 2 fully saturated rings. The van der Waals surface area contributed by atoms with E-state index in [1.807, 2.05) is 17.0 Å². The Bertz CT molecular complexity index is 1930. The number of fused-ring (bicyclic) bond motifs is 2. The minimum atomic E-state index is -1.33. The molecule has 1 unspecified atom stereocenters. The molecule has 2 N–H and O–H groups in total. The highest BCUT2D eigenvalue weighted by Gasteiger charge is 2.65. The molecular formula is C55H80N2O10. The number of benzene rings is 2. The first-order chi connectivity index (χ1) is 32.9. The largest absolute Gasteiger partial charge is 0.496 e. The van der Waals surface area contributed by atoms with Crippen LogP contribution in [0.5, 0.6) is 23.0 Å². The number of hydrogen-bond donors (Lipinski definition) is 2. The fourth-order valence-electron chi connectivity index (χ4n) is 11.1. The van der Waals surface area contributed by atoms with E-state index in [0.29, 0.717) is 67.4 Å². The molecule has 4 aliphatic rings. The van der Waals surface area contributed by atoms with Crippen molar-refractivity contribution in [1.29, 1.82) is 0 Å². The number of aliphatic hydroxyl groups excluding tert-OH is 2. The zero-order valence-corrected chi connectivity index (χ0v) is 40.8. The fourth-order valence-corrected chi connectivity index (χ4v) is 11.1. The molecule has 2 aromatic rings. The van der Waals surface area contributed by atoms with Crippen LogP contribution >= 0.6 is 0 Å². The van der Waals surface area contributed by atoms with Gasteiger partial charge in [0.1, 0.15) is 29.0 Å². The zero-order chi connectivity index (χ0) is 47.4. The topological polar surface area (TPSA) is 146 Å². The van der Waals surface area contributed by atoms with Crippen molar-refractivity contribution >= 4 is 17.9 Å². The molecule has 1 saturated heterocycles. The van der Waals surface area contributed by atoms with Gasteiger partial charge in [0.25, 0.3) is 0 Å². The minimum Gasteiger partial charge on any atom is -0.496 e. The maximum absolute atomic E-state index is 14.9. The molecule has 67 heavy (non-hydrogen) atoms. The van der Waals surface area contributed by atoms with E-state index in [-0.39, 0.29) is 43.5 Å². The molecule has 2 aliphatic heterocycles. The van der Waals surface area contributed by atoms with Gasteiger partial charge in [-0.2, -0.15) is 0 Å². The molecular weight excluding hydrogens is 849 g/mol. The number of aldehydes is 1. The molecule has 2 aromatic carbocycles. The van der Waals surface area contributed by atoms with Crippen LogP contribution in [0.4, 0.5) is 0 Å². The van der Waals surface area contributed by atoms with Gasteiger partial charge in [-0.1, -0.05) is 95.4 Å². The lowest BCUT2D eigenvalue weighted by Crippen LogP contribution is -2.70. The van der Waals surface area contributed by atoms with Gasteiger partial charge < -0.3 is 43.6 Å². The van der Waals surface area contributed by atoms with E-state index < -0.39 is 24.0 Å². The number of nitrogens with zero attached hydrogens (tertiary/aromatic N) is 2. The molecule has 12 nitrogen and oxygen atoms in total. The average Bonchev–Trinajstić information content (AvgIpc) is 3.35. The normalized spacial score (nSPS) is 24.7. The highest BCUT2D eigenvalue weighted by molar-refractivity contribution is 6.03. The molecule has 12 heteroatoms. The third-order valence-electron chi connectivity index (χ3n) is 14.3. The van der Waals surface area contributed by atoms with Gasteiger partial charge in [-0.05, 0) is 105 Å². The van der Waals surface area contributed by atoms with Gasteiger partial charge in [-0.15, -0.1) is 6.58 Å². The Balaban J connectivity index is 1.47. The number of rotatable bonds is 30. The number of carbonyl (C=O) groups is 2. The predicted octanol–water partition coefficient (Wildman–Crippen LogP) is 11.6. The molecule has 370 valence electrons. The Labute approximate surface area is 400 Å². The second-order valence-corrected chi connectivity index (χ2v) is 19.0. The number of unbranched alkanes of at least 4 members (excludes halogenated alkanes) is 10. The molecule has 2 heterocycles. The molecule has 6 rings (SSSR count). The van der Waals surface area contributed by atoms with Crippen molar-refractivity contribution in [2.75, 3.05) is 40.1 Å². The zero-order valence-electron chi connectivity index (χ0n) is 40.8. The van der Waals surface area contributed by atoms with Crippen LogP contribution in [0, 0.1) is 17.8 Å². The van der Waals surface area contributed by atoms with E-state index in [1.165, 1.54) is 45.6 Å². The van der Waals surface area contributed by atoms with E-state index in [4.69, 9.17) is 33.7 Å². The van der Waals surface area contributed by atoms with Crippen LogP contribution in [0.15, 0.2) is 65.9 Å². The minimum absolute atomic E-state index is 0.0612. The lowest BCUT2D eigenvalue weighted by molar-refractivity contribution is -0.257. The van der Waals surface area contributed by atoms with E-state index in [9.17, 15) is 19.8 Å². The second kappa shape index (κ2) is 27.1. The quantitative estimate of drug-likeness (QED) is 0.0336. The Kier molecular flexibility index (Phi) is 21.1. The summed E-state index contributed by atoms with van der Waals surface area (Å²) >= 11 is 0. The Morgan fingerprint density at radius 3 is 2.33 bits per heavy atom. The van der Waals surface area contributed by atoms with Gasteiger partial charge >= 0.3 is 0 Å². The van der Waals surface area contributed by atoms with Crippen molar-refractivity contribution in [3.8, 4) is 23.0 Å². The summed E-state index contributed by atoms with van der Waals surface area (Å²) in [6, 6.07) is 10.5. The van der Waals surface area contributed by atoms with Crippen LogP contribution in [-0.4, -0.2) is 91.2 Å². The van der Waals surface area contributed by atoms with Crippen molar-refractivity contribution in [2.45, 2.75) is 173 Å². The van der Waals surface area contributed by atoms with Gasteiger partial charge in [0, 0.05) is 50.5 Å². The van der Waals surface area contributed by atoms with Crippen molar-refractivity contribution in [2.24, 2.45) is 22.9 Å². The van der Waals surface area contributed by atoms with Gasteiger partial charge in [0.15, 0.2) is 6.29 Å². The highest BCUT2D eigenvalue weighted by Crippen LogP contribution is 2.62. The van der Waals surface area contributed by atoms with E-state index in [0.717, 1.165) is 93.8 Å². The van der Waals surface area contributed by atoms with Crippen LogP contribution in [0.2, 0.25) is 0 Å². The number of oxime groups is 1. The van der Waals surface area contributed by atoms with Gasteiger partial charge in [0.2, 0.25) is 18.0 Å². The molecule has 1 amide bonds. The van der Waals surface area contributed by atoms with Crippen LogP contribution in [0.25, 0.3) is 0 Å². The Hall–Kier alpha value is -4.23. The molecule has 0 bridgehead atoms. The summed E-state index contributed by atoms with van der Waals surface area (Å²) in [5.74, 6) is 0.449. The summed E-state index contributed by atoms with van der Waals surface area (Å²) in [5, 5.41) is 25.0. The average molecular weight is 929 g/mol. The van der Waals surface area contributed by atoms with Crippen LogP contribution < -0.4 is 14.2 Å². The second-order valence-electron chi connectivity index (χ2n) is 19.0. The Morgan fingerprint density at radius 1 is 0.910 bits per heavy atom. The first-order valence-corrected chi connectivity index (χ1v) is 25.8. The molecule has 2 aliphatic carbocycles. The van der Waals surface area contributed by atoms with Gasteiger partial charge in [-0.25, -0.2) is 0 Å². The van der Waals surface area contributed by atoms with E-state index >= 15 is 0 Å². The maximum Gasteiger partial charge on any atom is 0.239 e. The number of amides is 1. The van der Waals surface area contributed by atoms with Crippen molar-refractivity contribution in [3.63, 3.8) is 0 Å².